The van der Waals surface area contributed by atoms with E-state index in [-0.39, 0.29) is 0 Å². The van der Waals surface area contributed by atoms with Gasteiger partial charge in [0.2, 0.25) is 15.2 Å². The third-order valence-electron chi connectivity index (χ3n) is 4.80. The minimum atomic E-state index is -0.815. The molecule has 0 aromatic carbocycles. The highest BCUT2D eigenvalue weighted by atomic mass is 35.6. The van der Waals surface area contributed by atoms with E-state index < -0.39 is 13.2 Å². The Morgan fingerprint density at radius 1 is 0.680 bits per heavy atom. The number of hydrogen-bond acceptors (Lipinski definition) is 0. The van der Waals surface area contributed by atoms with Gasteiger partial charge in [-0.2, -0.15) is 0 Å². The molecule has 0 heterocycles. The highest BCUT2D eigenvalue weighted by Gasteiger charge is 2.12. The first-order valence-corrected chi connectivity index (χ1v) is 17.0. The van der Waals surface area contributed by atoms with Gasteiger partial charge >= 0.3 is 13.2 Å². The fraction of sp³-hybridized carbons (Fsp3) is 1.00. The van der Waals surface area contributed by atoms with Crippen molar-refractivity contribution in [2.75, 3.05) is 0 Å². The Balaban J connectivity index is 0. The lowest BCUT2D eigenvalue weighted by Gasteiger charge is -2.03. The molecule has 0 nitrogen and oxygen atoms in total. The molecule has 3 heteroatoms. The van der Waals surface area contributed by atoms with E-state index in [0.29, 0.717) is 15.2 Å². The van der Waals surface area contributed by atoms with Gasteiger partial charge in [-0.1, -0.05) is 127 Å². The summed E-state index contributed by atoms with van der Waals surface area (Å²) in [6, 6.07) is 0. The van der Waals surface area contributed by atoms with Gasteiger partial charge < -0.3 is 0 Å². The van der Waals surface area contributed by atoms with Crippen molar-refractivity contribution in [1.29, 1.82) is 0 Å². The van der Waals surface area contributed by atoms with Crippen LogP contribution in [0.25, 0.3) is 0 Å². The molecular weight excluding hydrogens is 354 g/mol. The fourth-order valence-corrected chi connectivity index (χ4v) is 8.25. The second-order valence-corrected chi connectivity index (χ2v) is 15.0. The smallest absolute Gasteiger partial charge is 0.261 e. The van der Waals surface area contributed by atoms with E-state index in [1.54, 1.807) is 10.6 Å². The third kappa shape index (κ3) is 30.3. The minimum absolute atomic E-state index is 0.326. The van der Waals surface area contributed by atoms with E-state index in [4.69, 9.17) is 10.0 Å². The van der Waals surface area contributed by atoms with Crippen molar-refractivity contribution in [2.24, 2.45) is 11.8 Å². The SMILES string of the molecule is CC(C)C[CH2][AlH][CH2]CC(C)C.CCCCC[CH2][Al]([Cl])[CH2]CCCCC. The zero-order chi connectivity index (χ0) is 19.3. The van der Waals surface area contributed by atoms with Gasteiger partial charge in [-0.3, -0.25) is 10.0 Å². The molecule has 0 amide bonds. The van der Waals surface area contributed by atoms with Gasteiger partial charge in [0, 0.05) is 0 Å². The van der Waals surface area contributed by atoms with Crippen LogP contribution in [0, 0.1) is 11.8 Å². The third-order valence-corrected chi connectivity index (χ3v) is 10.0. The van der Waals surface area contributed by atoms with Crippen LogP contribution in [0.5, 0.6) is 0 Å². The fourth-order valence-electron chi connectivity index (χ4n) is 3.01. The molecule has 0 radical (unpaired) electrons. The van der Waals surface area contributed by atoms with Crippen molar-refractivity contribution in [2.45, 2.75) is 127 Å². The Kier molecular flexibility index (Phi) is 26.7. The normalized spacial score (nSPS) is 10.8. The summed E-state index contributed by atoms with van der Waals surface area (Å²) in [6.07, 6.45) is 14.0. The highest BCUT2D eigenvalue weighted by molar-refractivity contribution is 7.06. The molecule has 0 fully saturated rings. The van der Waals surface area contributed by atoms with E-state index in [9.17, 15) is 0 Å². The summed E-state index contributed by atoms with van der Waals surface area (Å²) < 4.78 is 0. The molecule has 0 aromatic rings. The Labute approximate surface area is 176 Å². The van der Waals surface area contributed by atoms with Crippen LogP contribution >= 0.6 is 10.0 Å². The van der Waals surface area contributed by atoms with E-state index >= 15 is 0 Å². The standard InChI is InChI=1S/2C6H13.2C5H11.2Al.ClH.H/c2*1-3-5-6-4-2;2*1-4-5(2)3;;;;/h2*1,3-6H2,2H3;2*5H,1,4H2,2-3H3;;;1H;/q;;;;;+1;;/p-1. The topological polar surface area (TPSA) is 0 Å². The van der Waals surface area contributed by atoms with Gasteiger partial charge in [-0.05, 0) is 11.8 Å². The van der Waals surface area contributed by atoms with Gasteiger partial charge in [-0.15, -0.1) is 0 Å². The molecule has 0 aliphatic heterocycles. The van der Waals surface area contributed by atoms with Gasteiger partial charge in [0.15, 0.2) is 0 Å². The first-order chi connectivity index (χ1) is 11.9. The molecule has 0 saturated carbocycles. The Bertz CT molecular complexity index is 210. The quantitative estimate of drug-likeness (QED) is 0.179. The monoisotopic (exact) mass is 402 g/mol. The van der Waals surface area contributed by atoms with E-state index in [0.717, 1.165) is 11.8 Å². The molecule has 0 aliphatic rings. The van der Waals surface area contributed by atoms with Crippen molar-refractivity contribution < 1.29 is 0 Å². The van der Waals surface area contributed by atoms with Crippen LogP contribution in [0.2, 0.25) is 21.1 Å². The molecule has 0 N–H and O–H groups in total. The van der Waals surface area contributed by atoms with E-state index in [2.05, 4.69) is 41.5 Å². The molecule has 0 atom stereocenters. The average Bonchev–Trinajstić information content (AvgIpc) is 2.55. The summed E-state index contributed by atoms with van der Waals surface area (Å²) in [5.41, 5.74) is 0. The molecule has 0 spiro atoms. The molecule has 0 bridgehead atoms. The Morgan fingerprint density at radius 2 is 1.08 bits per heavy atom. The lowest BCUT2D eigenvalue weighted by Crippen LogP contribution is -2.02. The van der Waals surface area contributed by atoms with Crippen molar-refractivity contribution in [3.05, 3.63) is 0 Å². The first kappa shape index (κ1) is 28.6. The number of hydrogen-bond donors (Lipinski definition) is 0. The molecule has 0 unspecified atom stereocenters. The molecule has 150 valence electrons. The second-order valence-electron chi connectivity index (χ2n) is 8.72. The summed E-state index contributed by atoms with van der Waals surface area (Å²) in [7, 11) is 6.38. The maximum Gasteiger partial charge on any atom is 0.399 e. The summed E-state index contributed by atoms with van der Waals surface area (Å²) in [5, 5.41) is 5.89. The molecule has 0 aromatic heterocycles. The number of rotatable bonds is 16. The Morgan fingerprint density at radius 3 is 1.40 bits per heavy atom. The highest BCUT2D eigenvalue weighted by Crippen LogP contribution is 2.15. The summed E-state index contributed by atoms with van der Waals surface area (Å²) >= 11 is -0.490. The largest absolute Gasteiger partial charge is 0.399 e. The van der Waals surface area contributed by atoms with Crippen molar-refractivity contribution in [3.63, 3.8) is 0 Å². The van der Waals surface area contributed by atoms with Gasteiger partial charge in [0.25, 0.3) is 0 Å². The maximum atomic E-state index is 6.38. The van der Waals surface area contributed by atoms with Crippen LogP contribution in [0.15, 0.2) is 0 Å². The zero-order valence-corrected chi connectivity index (χ0v) is 22.0. The zero-order valence-electron chi connectivity index (χ0n) is 18.7. The van der Waals surface area contributed by atoms with Gasteiger partial charge in [0.1, 0.15) is 0 Å². The number of unbranched alkanes of at least 4 members (excludes halogenated alkanes) is 6. The summed E-state index contributed by atoms with van der Waals surface area (Å²) in [5.74, 6) is 1.86. The molecule has 25 heavy (non-hydrogen) atoms. The van der Waals surface area contributed by atoms with E-state index in [1.807, 2.05) is 0 Å². The van der Waals surface area contributed by atoms with Crippen LogP contribution in [-0.4, -0.2) is 28.4 Å². The Hall–Kier alpha value is 1.35. The van der Waals surface area contributed by atoms with Gasteiger partial charge in [-0.25, -0.2) is 0 Å². The van der Waals surface area contributed by atoms with Crippen molar-refractivity contribution >= 4 is 38.5 Å². The maximum absolute atomic E-state index is 6.38. The van der Waals surface area contributed by atoms with Crippen LogP contribution in [0.3, 0.4) is 0 Å². The van der Waals surface area contributed by atoms with Crippen LogP contribution in [0.4, 0.5) is 0 Å². The molecular formula is C22H49Al2Cl. The van der Waals surface area contributed by atoms with Crippen LogP contribution in [-0.2, 0) is 0 Å². The first-order valence-electron chi connectivity index (χ1n) is 11.6. The van der Waals surface area contributed by atoms with Crippen LogP contribution in [0.1, 0.15) is 106 Å². The van der Waals surface area contributed by atoms with Gasteiger partial charge in [0.05, 0.1) is 0 Å². The lowest BCUT2D eigenvalue weighted by atomic mass is 10.2. The van der Waals surface area contributed by atoms with E-state index in [1.165, 1.54) is 74.8 Å². The average molecular weight is 403 g/mol. The summed E-state index contributed by atoms with van der Waals surface area (Å²) in [6.45, 7) is 13.8. The van der Waals surface area contributed by atoms with Crippen molar-refractivity contribution in [3.8, 4) is 0 Å². The second kappa shape index (κ2) is 23.4. The van der Waals surface area contributed by atoms with Crippen molar-refractivity contribution in [1.82, 2.24) is 0 Å². The predicted octanol–water partition coefficient (Wildman–Crippen LogP) is 8.73. The molecule has 0 rings (SSSR count). The summed E-state index contributed by atoms with van der Waals surface area (Å²) in [4.78, 5) is 0. The molecule has 0 aliphatic carbocycles. The molecule has 0 saturated heterocycles. The van der Waals surface area contributed by atoms with Crippen LogP contribution < -0.4 is 0 Å². The predicted molar refractivity (Wildman–Crippen MR) is 125 cm³/mol. The number of halogens is 1. The lowest BCUT2D eigenvalue weighted by molar-refractivity contribution is 0.611. The minimum Gasteiger partial charge on any atom is -0.261 e.